The third-order valence-corrected chi connectivity index (χ3v) is 4.06. The summed E-state index contributed by atoms with van der Waals surface area (Å²) in [5.74, 6) is -0.530. The van der Waals surface area contributed by atoms with Gasteiger partial charge in [-0.05, 0) is 6.07 Å². The van der Waals surface area contributed by atoms with Gasteiger partial charge in [0.1, 0.15) is 5.82 Å². The maximum absolute atomic E-state index is 13.7. The molecule has 1 aliphatic heterocycles. The molecule has 1 fully saturated rings. The number of hydrogen-bond donors (Lipinski definition) is 0. The fraction of sp³-hybridized carbons (Fsp3) is 0.375. The Morgan fingerprint density at radius 2 is 1.79 bits per heavy atom. The Kier molecular flexibility index (Phi) is 4.54. The first-order chi connectivity index (χ1) is 11.5. The zero-order chi connectivity index (χ0) is 17.1. The monoisotopic (exact) mass is 331 g/mol. The predicted molar refractivity (Wildman–Crippen MR) is 83.7 cm³/mol. The Labute approximate surface area is 138 Å². The quantitative estimate of drug-likeness (QED) is 0.833. The summed E-state index contributed by atoms with van der Waals surface area (Å²) >= 11 is 0. The van der Waals surface area contributed by atoms with Crippen LogP contribution in [-0.4, -0.2) is 62.8 Å². The minimum absolute atomic E-state index is 0.0120. The van der Waals surface area contributed by atoms with E-state index >= 15 is 0 Å². The number of aromatic nitrogens is 3. The molecule has 8 heteroatoms. The molecule has 1 aromatic heterocycles. The van der Waals surface area contributed by atoms with Crippen LogP contribution in [0.25, 0.3) is 0 Å². The second kappa shape index (κ2) is 6.77. The van der Waals surface area contributed by atoms with Crippen LogP contribution in [0.1, 0.15) is 23.0 Å². The molecular formula is C16H18FN5O2. The van der Waals surface area contributed by atoms with Crippen molar-refractivity contribution in [3.63, 3.8) is 0 Å². The highest BCUT2D eigenvalue weighted by atomic mass is 19.1. The van der Waals surface area contributed by atoms with Gasteiger partial charge in [-0.15, -0.1) is 5.10 Å². The molecule has 1 saturated heterocycles. The van der Waals surface area contributed by atoms with Gasteiger partial charge in [0.2, 0.25) is 5.91 Å². The molecule has 0 spiro atoms. The topological polar surface area (TPSA) is 71.3 Å². The molecular weight excluding hydrogens is 313 g/mol. The first kappa shape index (κ1) is 16.1. The summed E-state index contributed by atoms with van der Waals surface area (Å²) in [5, 5.41) is 7.79. The summed E-state index contributed by atoms with van der Waals surface area (Å²) in [6, 6.07) is 6.41. The lowest BCUT2D eigenvalue weighted by molar-refractivity contribution is -0.130. The van der Waals surface area contributed by atoms with Gasteiger partial charge < -0.3 is 9.80 Å². The van der Waals surface area contributed by atoms with Crippen LogP contribution in [0.4, 0.5) is 4.39 Å². The Bertz CT molecular complexity index is 752. The summed E-state index contributed by atoms with van der Waals surface area (Å²) in [7, 11) is 0. The Morgan fingerprint density at radius 3 is 2.46 bits per heavy atom. The van der Waals surface area contributed by atoms with Crippen molar-refractivity contribution in [2.24, 2.45) is 0 Å². The first-order valence-corrected chi connectivity index (χ1v) is 7.73. The van der Waals surface area contributed by atoms with E-state index in [-0.39, 0.29) is 29.9 Å². The molecule has 0 atom stereocenters. The number of rotatable bonds is 3. The number of nitrogens with zero attached hydrogens (tertiary/aromatic N) is 5. The van der Waals surface area contributed by atoms with E-state index < -0.39 is 0 Å². The maximum atomic E-state index is 13.7. The van der Waals surface area contributed by atoms with Crippen LogP contribution in [0.15, 0.2) is 30.5 Å². The molecule has 2 amide bonds. The van der Waals surface area contributed by atoms with E-state index in [1.54, 1.807) is 28.0 Å². The Balaban J connectivity index is 1.64. The van der Waals surface area contributed by atoms with Crippen LogP contribution >= 0.6 is 0 Å². The van der Waals surface area contributed by atoms with E-state index in [1.807, 2.05) is 0 Å². The van der Waals surface area contributed by atoms with Crippen LogP contribution in [0.2, 0.25) is 0 Å². The standard InChI is InChI=1S/C16H18FN5O2/c1-12(23)20-6-8-21(9-7-20)16(24)15-11-22(19-18-15)10-13-4-2-3-5-14(13)17/h2-5,11H,6-10H2,1H3. The Hall–Kier alpha value is -2.77. The van der Waals surface area contributed by atoms with Gasteiger partial charge in [0, 0.05) is 38.7 Å². The number of hydrogen-bond acceptors (Lipinski definition) is 4. The lowest BCUT2D eigenvalue weighted by Crippen LogP contribution is -2.50. The van der Waals surface area contributed by atoms with Crippen molar-refractivity contribution in [3.05, 3.63) is 47.5 Å². The molecule has 0 aliphatic carbocycles. The normalized spacial score (nSPS) is 14.8. The lowest BCUT2D eigenvalue weighted by Gasteiger charge is -2.33. The van der Waals surface area contributed by atoms with Gasteiger partial charge in [-0.2, -0.15) is 0 Å². The van der Waals surface area contributed by atoms with Crippen molar-refractivity contribution in [3.8, 4) is 0 Å². The lowest BCUT2D eigenvalue weighted by atomic mass is 10.2. The number of carbonyl (C=O) groups excluding carboxylic acids is 2. The molecule has 1 aromatic carbocycles. The number of piperazine rings is 1. The SMILES string of the molecule is CC(=O)N1CCN(C(=O)c2cn(Cc3ccccc3F)nn2)CC1. The molecule has 0 bridgehead atoms. The molecule has 0 saturated carbocycles. The molecule has 2 heterocycles. The van der Waals surface area contributed by atoms with Crippen LogP contribution in [-0.2, 0) is 11.3 Å². The van der Waals surface area contributed by atoms with Gasteiger partial charge in [0.15, 0.2) is 5.69 Å². The fourth-order valence-electron chi connectivity index (χ4n) is 2.66. The Morgan fingerprint density at radius 1 is 1.12 bits per heavy atom. The second-order valence-corrected chi connectivity index (χ2v) is 5.69. The molecule has 126 valence electrons. The molecule has 1 aliphatic rings. The van der Waals surface area contributed by atoms with Gasteiger partial charge in [-0.1, -0.05) is 23.4 Å². The average Bonchev–Trinajstić information content (AvgIpc) is 3.05. The smallest absolute Gasteiger partial charge is 0.276 e. The average molecular weight is 331 g/mol. The second-order valence-electron chi connectivity index (χ2n) is 5.69. The molecule has 7 nitrogen and oxygen atoms in total. The third kappa shape index (κ3) is 3.42. The summed E-state index contributed by atoms with van der Waals surface area (Å²) in [4.78, 5) is 27.1. The number of amides is 2. The van der Waals surface area contributed by atoms with E-state index in [0.29, 0.717) is 31.7 Å². The minimum Gasteiger partial charge on any atom is -0.339 e. The summed E-state index contributed by atoms with van der Waals surface area (Å²) in [6.07, 6.45) is 1.52. The minimum atomic E-state index is -0.318. The zero-order valence-electron chi connectivity index (χ0n) is 13.4. The molecule has 2 aromatic rings. The van der Waals surface area contributed by atoms with Crippen molar-refractivity contribution >= 4 is 11.8 Å². The third-order valence-electron chi connectivity index (χ3n) is 4.06. The van der Waals surface area contributed by atoms with E-state index in [1.165, 1.54) is 23.9 Å². The maximum Gasteiger partial charge on any atom is 0.276 e. The summed E-state index contributed by atoms with van der Waals surface area (Å²) in [5.41, 5.74) is 0.707. The van der Waals surface area contributed by atoms with Crippen molar-refractivity contribution in [1.29, 1.82) is 0 Å². The number of benzene rings is 1. The molecule has 0 radical (unpaired) electrons. The van der Waals surface area contributed by atoms with Gasteiger partial charge in [0.05, 0.1) is 12.7 Å². The first-order valence-electron chi connectivity index (χ1n) is 7.73. The largest absolute Gasteiger partial charge is 0.339 e. The number of halogens is 1. The molecule has 3 rings (SSSR count). The highest BCUT2D eigenvalue weighted by Gasteiger charge is 2.25. The van der Waals surface area contributed by atoms with Gasteiger partial charge >= 0.3 is 0 Å². The molecule has 0 unspecified atom stereocenters. The highest BCUT2D eigenvalue weighted by molar-refractivity contribution is 5.92. The van der Waals surface area contributed by atoms with E-state index in [9.17, 15) is 14.0 Å². The number of carbonyl (C=O) groups is 2. The fourth-order valence-corrected chi connectivity index (χ4v) is 2.66. The van der Waals surface area contributed by atoms with Crippen molar-refractivity contribution in [2.75, 3.05) is 26.2 Å². The predicted octanol–water partition coefficient (Wildman–Crippen LogP) is 0.770. The van der Waals surface area contributed by atoms with Crippen LogP contribution in [0.3, 0.4) is 0 Å². The molecule has 24 heavy (non-hydrogen) atoms. The summed E-state index contributed by atoms with van der Waals surface area (Å²) in [6.45, 7) is 3.71. The molecule has 0 N–H and O–H groups in total. The van der Waals surface area contributed by atoms with E-state index in [0.717, 1.165) is 0 Å². The zero-order valence-corrected chi connectivity index (χ0v) is 13.4. The van der Waals surface area contributed by atoms with Gasteiger partial charge in [-0.3, -0.25) is 9.59 Å². The van der Waals surface area contributed by atoms with Crippen molar-refractivity contribution < 1.29 is 14.0 Å². The van der Waals surface area contributed by atoms with Gasteiger partial charge in [0.25, 0.3) is 5.91 Å². The summed E-state index contributed by atoms with van der Waals surface area (Å²) < 4.78 is 15.1. The van der Waals surface area contributed by atoms with Crippen LogP contribution in [0.5, 0.6) is 0 Å². The van der Waals surface area contributed by atoms with Crippen LogP contribution < -0.4 is 0 Å². The van der Waals surface area contributed by atoms with Crippen molar-refractivity contribution in [2.45, 2.75) is 13.5 Å². The van der Waals surface area contributed by atoms with E-state index in [4.69, 9.17) is 0 Å². The van der Waals surface area contributed by atoms with Crippen molar-refractivity contribution in [1.82, 2.24) is 24.8 Å². The van der Waals surface area contributed by atoms with Gasteiger partial charge in [-0.25, -0.2) is 9.07 Å². The van der Waals surface area contributed by atoms with Crippen LogP contribution in [0, 0.1) is 5.82 Å². The van der Waals surface area contributed by atoms with E-state index in [2.05, 4.69) is 10.3 Å². The highest BCUT2D eigenvalue weighted by Crippen LogP contribution is 2.10.